The van der Waals surface area contributed by atoms with E-state index < -0.39 is 24.5 Å². The van der Waals surface area contributed by atoms with E-state index in [0.29, 0.717) is 11.5 Å². The molecule has 2 heterocycles. The molecule has 0 aliphatic carbocycles. The highest BCUT2D eigenvalue weighted by atomic mass is 16.7. The molecule has 9 nitrogen and oxygen atoms in total. The van der Waals surface area contributed by atoms with E-state index in [1.807, 2.05) is 0 Å². The van der Waals surface area contributed by atoms with Gasteiger partial charge in [0.1, 0.15) is 12.3 Å². The Kier molecular flexibility index (Phi) is 4.95. The second-order valence-corrected chi connectivity index (χ2v) is 5.06. The van der Waals surface area contributed by atoms with Gasteiger partial charge in [0, 0.05) is 12.1 Å². The summed E-state index contributed by atoms with van der Waals surface area (Å²) in [7, 11) is 0. The predicted octanol–water partition coefficient (Wildman–Crippen LogP) is 0.532. The standard InChI is InChI=1S/C16H15N3O6/c20-8-11(16(22)18-14-5-6-25-19-14)17-15(21)4-2-10-1-3-12-13(7-10)24-9-23-12/h1-7,11,20H,8-9H2,(H,17,21)(H,18,19,22). The second-order valence-electron chi connectivity index (χ2n) is 5.06. The maximum atomic E-state index is 12.0. The van der Waals surface area contributed by atoms with Gasteiger partial charge in [-0.25, -0.2) is 0 Å². The van der Waals surface area contributed by atoms with Gasteiger partial charge in [0.15, 0.2) is 17.3 Å². The second kappa shape index (κ2) is 7.49. The fourth-order valence-corrected chi connectivity index (χ4v) is 2.09. The molecule has 1 aliphatic rings. The quantitative estimate of drug-likeness (QED) is 0.653. The molecule has 9 heteroatoms. The molecule has 3 N–H and O–H groups in total. The number of ether oxygens (including phenoxy) is 2. The van der Waals surface area contributed by atoms with Gasteiger partial charge in [-0.1, -0.05) is 11.2 Å². The number of rotatable bonds is 6. The Labute approximate surface area is 142 Å². The molecule has 25 heavy (non-hydrogen) atoms. The number of anilines is 1. The van der Waals surface area contributed by atoms with Crippen molar-refractivity contribution < 1.29 is 28.7 Å². The van der Waals surface area contributed by atoms with Crippen molar-refractivity contribution in [3.05, 3.63) is 42.2 Å². The fourth-order valence-electron chi connectivity index (χ4n) is 2.09. The summed E-state index contributed by atoms with van der Waals surface area (Å²) in [6, 6.07) is 5.55. The van der Waals surface area contributed by atoms with Crippen LogP contribution < -0.4 is 20.1 Å². The first-order chi connectivity index (χ1) is 12.2. The molecule has 2 amide bonds. The van der Waals surface area contributed by atoms with Gasteiger partial charge in [0.2, 0.25) is 12.7 Å². The third-order valence-corrected chi connectivity index (χ3v) is 3.33. The van der Waals surface area contributed by atoms with Crippen LogP contribution in [0.15, 0.2) is 41.1 Å². The first kappa shape index (κ1) is 16.5. The number of hydrogen-bond acceptors (Lipinski definition) is 7. The van der Waals surface area contributed by atoms with Gasteiger partial charge in [0.25, 0.3) is 5.91 Å². The molecular weight excluding hydrogens is 330 g/mol. The van der Waals surface area contributed by atoms with Gasteiger partial charge in [-0.3, -0.25) is 9.59 Å². The Hall–Kier alpha value is -3.33. The van der Waals surface area contributed by atoms with Crippen molar-refractivity contribution in [1.82, 2.24) is 10.5 Å². The zero-order valence-electron chi connectivity index (χ0n) is 13.0. The minimum atomic E-state index is -1.12. The highest BCUT2D eigenvalue weighted by Crippen LogP contribution is 2.32. The average Bonchev–Trinajstić information content (AvgIpc) is 3.28. The molecule has 1 unspecified atom stereocenters. The SMILES string of the molecule is O=C(C=Cc1ccc2c(c1)OCO2)NC(CO)C(=O)Nc1ccon1. The average molecular weight is 345 g/mol. The molecule has 2 aromatic rings. The number of aromatic nitrogens is 1. The van der Waals surface area contributed by atoms with Gasteiger partial charge >= 0.3 is 0 Å². The number of fused-ring (bicyclic) bond motifs is 1. The van der Waals surface area contributed by atoms with E-state index in [1.165, 1.54) is 18.4 Å². The molecule has 130 valence electrons. The Morgan fingerprint density at radius 2 is 2.12 bits per heavy atom. The van der Waals surface area contributed by atoms with E-state index >= 15 is 0 Å². The van der Waals surface area contributed by atoms with E-state index in [0.717, 1.165) is 5.56 Å². The van der Waals surface area contributed by atoms with Crippen LogP contribution in [0.5, 0.6) is 11.5 Å². The van der Waals surface area contributed by atoms with Crippen LogP contribution in [0.25, 0.3) is 6.08 Å². The molecule has 0 bridgehead atoms. The first-order valence-electron chi connectivity index (χ1n) is 7.36. The number of nitrogens with one attached hydrogen (secondary N) is 2. The van der Waals surface area contributed by atoms with E-state index in [9.17, 15) is 14.7 Å². The predicted molar refractivity (Wildman–Crippen MR) is 85.7 cm³/mol. The van der Waals surface area contributed by atoms with Crippen LogP contribution in [-0.2, 0) is 9.59 Å². The Morgan fingerprint density at radius 3 is 2.88 bits per heavy atom. The number of aliphatic hydroxyl groups excluding tert-OH is 1. The molecule has 0 radical (unpaired) electrons. The smallest absolute Gasteiger partial charge is 0.250 e. The van der Waals surface area contributed by atoms with Crippen molar-refractivity contribution in [2.24, 2.45) is 0 Å². The molecule has 0 spiro atoms. The molecule has 1 aromatic heterocycles. The lowest BCUT2D eigenvalue weighted by atomic mass is 10.2. The van der Waals surface area contributed by atoms with Crippen molar-refractivity contribution in [2.45, 2.75) is 6.04 Å². The number of benzene rings is 1. The number of carbonyl (C=O) groups is 2. The van der Waals surface area contributed by atoms with Crippen molar-refractivity contribution in [2.75, 3.05) is 18.7 Å². The Morgan fingerprint density at radius 1 is 1.28 bits per heavy atom. The number of aliphatic hydroxyl groups is 1. The molecule has 0 saturated carbocycles. The molecule has 3 rings (SSSR count). The zero-order chi connectivity index (χ0) is 17.6. The van der Waals surface area contributed by atoms with E-state index in [2.05, 4.69) is 20.3 Å². The normalized spacial score (nSPS) is 13.6. The number of hydrogen-bond donors (Lipinski definition) is 3. The highest BCUT2D eigenvalue weighted by molar-refractivity contribution is 5.99. The fraction of sp³-hybridized carbons (Fsp3) is 0.188. The van der Waals surface area contributed by atoms with E-state index in [4.69, 9.17) is 9.47 Å². The number of amides is 2. The van der Waals surface area contributed by atoms with Crippen LogP contribution >= 0.6 is 0 Å². The highest BCUT2D eigenvalue weighted by Gasteiger charge is 2.20. The third kappa shape index (κ3) is 4.15. The summed E-state index contributed by atoms with van der Waals surface area (Å²) >= 11 is 0. The Balaban J connectivity index is 1.57. The minimum Gasteiger partial charge on any atom is -0.454 e. The van der Waals surface area contributed by atoms with Crippen molar-refractivity contribution in [3.63, 3.8) is 0 Å². The van der Waals surface area contributed by atoms with Gasteiger partial charge in [-0.15, -0.1) is 0 Å². The van der Waals surface area contributed by atoms with E-state index in [1.54, 1.807) is 24.3 Å². The first-order valence-corrected chi connectivity index (χ1v) is 7.36. The lowest BCUT2D eigenvalue weighted by Crippen LogP contribution is -2.45. The van der Waals surface area contributed by atoms with E-state index in [-0.39, 0.29) is 12.6 Å². The molecule has 0 saturated heterocycles. The number of carbonyl (C=O) groups excluding carboxylic acids is 2. The summed E-state index contributed by atoms with van der Waals surface area (Å²) in [5.41, 5.74) is 0.729. The maximum absolute atomic E-state index is 12.0. The molecule has 1 aromatic carbocycles. The summed E-state index contributed by atoms with van der Waals surface area (Å²) in [6.45, 7) is -0.394. The summed E-state index contributed by atoms with van der Waals surface area (Å²) in [5, 5.41) is 17.6. The molecule has 1 atom stereocenters. The number of nitrogens with zero attached hydrogens (tertiary/aromatic N) is 1. The van der Waals surface area contributed by atoms with Gasteiger partial charge < -0.3 is 29.7 Å². The molecule has 1 aliphatic heterocycles. The lowest BCUT2D eigenvalue weighted by Gasteiger charge is -2.13. The topological polar surface area (TPSA) is 123 Å². The summed E-state index contributed by atoms with van der Waals surface area (Å²) in [5.74, 6) is 0.288. The third-order valence-electron chi connectivity index (χ3n) is 3.33. The van der Waals surface area contributed by atoms with Crippen LogP contribution in [-0.4, -0.2) is 41.5 Å². The monoisotopic (exact) mass is 345 g/mol. The van der Waals surface area contributed by atoms with Crippen LogP contribution in [0.3, 0.4) is 0 Å². The molecular formula is C16H15N3O6. The maximum Gasteiger partial charge on any atom is 0.250 e. The van der Waals surface area contributed by atoms with Crippen molar-refractivity contribution in [3.8, 4) is 11.5 Å². The minimum absolute atomic E-state index is 0.168. The Bertz CT molecular complexity index is 787. The zero-order valence-corrected chi connectivity index (χ0v) is 13.0. The van der Waals surface area contributed by atoms with Crippen LogP contribution in [0.2, 0.25) is 0 Å². The van der Waals surface area contributed by atoms with Crippen LogP contribution in [0.1, 0.15) is 5.56 Å². The van der Waals surface area contributed by atoms with Crippen molar-refractivity contribution in [1.29, 1.82) is 0 Å². The largest absolute Gasteiger partial charge is 0.454 e. The summed E-state index contributed by atoms with van der Waals surface area (Å²) < 4.78 is 15.0. The van der Waals surface area contributed by atoms with Gasteiger partial charge in [0.05, 0.1) is 6.61 Å². The van der Waals surface area contributed by atoms with Crippen LogP contribution in [0, 0.1) is 0 Å². The van der Waals surface area contributed by atoms with Gasteiger partial charge in [-0.05, 0) is 23.8 Å². The van der Waals surface area contributed by atoms with Crippen molar-refractivity contribution >= 4 is 23.7 Å². The summed E-state index contributed by atoms with van der Waals surface area (Å²) in [4.78, 5) is 23.9. The molecule has 0 fully saturated rings. The van der Waals surface area contributed by atoms with Gasteiger partial charge in [-0.2, -0.15) is 0 Å². The summed E-state index contributed by atoms with van der Waals surface area (Å²) in [6.07, 6.45) is 4.10. The lowest BCUT2D eigenvalue weighted by molar-refractivity contribution is -0.124. The van der Waals surface area contributed by atoms with Crippen LogP contribution in [0.4, 0.5) is 5.82 Å².